The first-order valence-electron chi connectivity index (χ1n) is 9.37. The lowest BCUT2D eigenvalue weighted by molar-refractivity contribution is -0.119. The van der Waals surface area contributed by atoms with E-state index in [1.807, 2.05) is 56.3 Å². The summed E-state index contributed by atoms with van der Waals surface area (Å²) in [7, 11) is 0. The molecule has 0 aliphatic rings. The Hall–Kier alpha value is -3.19. The van der Waals surface area contributed by atoms with Crippen LogP contribution in [-0.4, -0.2) is 31.9 Å². The fourth-order valence-corrected chi connectivity index (χ4v) is 3.94. The third kappa shape index (κ3) is 4.30. The molecule has 1 heterocycles. The molecule has 3 aromatic carbocycles. The van der Waals surface area contributed by atoms with E-state index >= 15 is 0 Å². The van der Waals surface area contributed by atoms with Crippen LogP contribution in [0.1, 0.15) is 24.1 Å². The van der Waals surface area contributed by atoms with Crippen molar-refractivity contribution in [2.24, 2.45) is 0 Å². The zero-order valence-corrected chi connectivity index (χ0v) is 17.1. The van der Waals surface area contributed by atoms with E-state index in [1.54, 1.807) is 4.68 Å². The number of aromatic nitrogens is 4. The summed E-state index contributed by atoms with van der Waals surface area (Å²) in [5.74, 6) is 0.176. The van der Waals surface area contributed by atoms with E-state index in [0.717, 1.165) is 27.6 Å². The fraction of sp³-hybridized carbons (Fsp3) is 0.182. The van der Waals surface area contributed by atoms with Gasteiger partial charge >= 0.3 is 0 Å². The number of aryl methyl sites for hydroxylation is 1. The Morgan fingerprint density at radius 2 is 1.83 bits per heavy atom. The lowest BCUT2D eigenvalue weighted by Gasteiger charge is -2.16. The third-order valence-electron chi connectivity index (χ3n) is 4.72. The summed E-state index contributed by atoms with van der Waals surface area (Å²) in [6, 6.07) is 22.2. The highest BCUT2D eigenvalue weighted by molar-refractivity contribution is 7.99. The molecule has 1 aromatic heterocycles. The van der Waals surface area contributed by atoms with Gasteiger partial charge in [-0.15, -0.1) is 5.10 Å². The molecule has 0 spiro atoms. The number of carbonyl (C=O) groups is 1. The molecule has 0 saturated heterocycles. The van der Waals surface area contributed by atoms with Gasteiger partial charge in [-0.1, -0.05) is 71.9 Å². The van der Waals surface area contributed by atoms with Crippen LogP contribution in [0.2, 0.25) is 0 Å². The Morgan fingerprint density at radius 1 is 1.07 bits per heavy atom. The SMILES string of the molecule is Cc1ccc(-n2nnnc2SCC(=O)N[C@H](C)c2cccc3ccccc23)cc1. The van der Waals surface area contributed by atoms with Crippen LogP contribution in [0.3, 0.4) is 0 Å². The van der Waals surface area contributed by atoms with Crippen LogP contribution in [0.4, 0.5) is 0 Å². The van der Waals surface area contributed by atoms with Crippen LogP contribution >= 0.6 is 11.8 Å². The number of tetrazole rings is 1. The minimum Gasteiger partial charge on any atom is -0.349 e. The van der Waals surface area contributed by atoms with Crippen molar-refractivity contribution in [2.75, 3.05) is 5.75 Å². The van der Waals surface area contributed by atoms with E-state index in [2.05, 4.69) is 45.1 Å². The highest BCUT2D eigenvalue weighted by Gasteiger charge is 2.15. The minimum absolute atomic E-state index is 0.0612. The van der Waals surface area contributed by atoms with Crippen molar-refractivity contribution in [3.63, 3.8) is 0 Å². The first-order chi connectivity index (χ1) is 14.1. The van der Waals surface area contributed by atoms with Gasteiger partial charge in [-0.2, -0.15) is 4.68 Å². The number of amides is 1. The van der Waals surface area contributed by atoms with Gasteiger partial charge < -0.3 is 5.32 Å². The van der Waals surface area contributed by atoms with Crippen molar-refractivity contribution in [1.29, 1.82) is 0 Å². The van der Waals surface area contributed by atoms with Crippen molar-refractivity contribution < 1.29 is 4.79 Å². The van der Waals surface area contributed by atoms with Gasteiger partial charge in [0, 0.05) is 0 Å². The monoisotopic (exact) mass is 403 g/mol. The summed E-state index contributed by atoms with van der Waals surface area (Å²) in [4.78, 5) is 12.5. The van der Waals surface area contributed by atoms with Gasteiger partial charge in [0.1, 0.15) is 0 Å². The molecule has 0 unspecified atom stereocenters. The Kier molecular flexibility index (Phi) is 5.57. The maximum absolute atomic E-state index is 12.5. The largest absolute Gasteiger partial charge is 0.349 e. The number of rotatable bonds is 6. The van der Waals surface area contributed by atoms with Crippen LogP contribution in [0.15, 0.2) is 71.9 Å². The summed E-state index contributed by atoms with van der Waals surface area (Å²) in [5, 5.41) is 17.8. The van der Waals surface area contributed by atoms with Gasteiger partial charge in [0.05, 0.1) is 17.5 Å². The summed E-state index contributed by atoms with van der Waals surface area (Å²) < 4.78 is 1.64. The van der Waals surface area contributed by atoms with Crippen LogP contribution in [0, 0.1) is 6.92 Å². The molecular weight excluding hydrogens is 382 g/mol. The molecule has 146 valence electrons. The van der Waals surface area contributed by atoms with Gasteiger partial charge in [0.25, 0.3) is 0 Å². The number of carbonyl (C=O) groups excluding carboxylic acids is 1. The number of hydrogen-bond acceptors (Lipinski definition) is 5. The third-order valence-corrected chi connectivity index (χ3v) is 5.64. The van der Waals surface area contributed by atoms with E-state index < -0.39 is 0 Å². The number of benzene rings is 3. The van der Waals surface area contributed by atoms with E-state index in [9.17, 15) is 4.79 Å². The molecule has 0 bridgehead atoms. The molecule has 0 saturated carbocycles. The highest BCUT2D eigenvalue weighted by Crippen LogP contribution is 2.24. The molecule has 4 rings (SSSR count). The average molecular weight is 404 g/mol. The maximum Gasteiger partial charge on any atom is 0.230 e. The molecule has 0 fully saturated rings. The van der Waals surface area contributed by atoms with Crippen molar-refractivity contribution in [3.05, 3.63) is 77.9 Å². The van der Waals surface area contributed by atoms with E-state index in [4.69, 9.17) is 0 Å². The summed E-state index contributed by atoms with van der Waals surface area (Å²) in [6.45, 7) is 4.03. The van der Waals surface area contributed by atoms with Gasteiger partial charge in [0.15, 0.2) is 0 Å². The molecule has 0 aliphatic heterocycles. The first kappa shape index (κ1) is 19.1. The smallest absolute Gasteiger partial charge is 0.230 e. The normalized spacial score (nSPS) is 12.1. The number of nitrogens with zero attached hydrogens (tertiary/aromatic N) is 4. The Morgan fingerprint density at radius 3 is 2.66 bits per heavy atom. The minimum atomic E-state index is -0.0951. The van der Waals surface area contributed by atoms with Crippen molar-refractivity contribution >= 4 is 28.4 Å². The lowest BCUT2D eigenvalue weighted by atomic mass is 10.00. The second-order valence-corrected chi connectivity index (χ2v) is 7.80. The fourth-order valence-electron chi connectivity index (χ4n) is 3.24. The van der Waals surface area contributed by atoms with E-state index in [0.29, 0.717) is 5.16 Å². The first-order valence-corrected chi connectivity index (χ1v) is 10.4. The molecule has 1 amide bonds. The number of nitrogens with one attached hydrogen (secondary N) is 1. The van der Waals surface area contributed by atoms with Crippen molar-refractivity contribution in [3.8, 4) is 5.69 Å². The Bertz CT molecular complexity index is 1130. The van der Waals surface area contributed by atoms with Crippen molar-refractivity contribution in [2.45, 2.75) is 25.0 Å². The number of thioether (sulfide) groups is 1. The van der Waals surface area contributed by atoms with Gasteiger partial charge in [0.2, 0.25) is 11.1 Å². The zero-order valence-electron chi connectivity index (χ0n) is 16.2. The summed E-state index contributed by atoms with van der Waals surface area (Å²) in [6.07, 6.45) is 0. The molecule has 1 atom stereocenters. The molecule has 0 aliphatic carbocycles. The predicted molar refractivity (Wildman–Crippen MR) is 115 cm³/mol. The molecule has 6 nitrogen and oxygen atoms in total. The number of fused-ring (bicyclic) bond motifs is 1. The molecule has 0 radical (unpaired) electrons. The van der Waals surface area contributed by atoms with Crippen molar-refractivity contribution in [1.82, 2.24) is 25.5 Å². The van der Waals surface area contributed by atoms with Gasteiger partial charge in [-0.3, -0.25) is 4.79 Å². The lowest BCUT2D eigenvalue weighted by Crippen LogP contribution is -2.28. The average Bonchev–Trinajstić information content (AvgIpc) is 3.21. The van der Waals surface area contributed by atoms with E-state index in [-0.39, 0.29) is 17.7 Å². The van der Waals surface area contributed by atoms with Crippen LogP contribution < -0.4 is 5.32 Å². The zero-order chi connectivity index (χ0) is 20.2. The van der Waals surface area contributed by atoms with Crippen LogP contribution in [0.5, 0.6) is 0 Å². The molecule has 29 heavy (non-hydrogen) atoms. The number of hydrogen-bond donors (Lipinski definition) is 1. The standard InChI is InChI=1S/C22H21N5OS/c1-15-10-12-18(13-11-15)27-22(24-25-26-27)29-14-21(28)23-16(2)19-9-5-7-17-6-3-4-8-20(17)19/h3-13,16H,14H2,1-2H3,(H,23,28)/t16-/m1/s1. The van der Waals surface area contributed by atoms with Crippen LogP contribution in [0.25, 0.3) is 16.5 Å². The topological polar surface area (TPSA) is 72.7 Å². The molecular formula is C22H21N5OS. The molecule has 1 N–H and O–H groups in total. The summed E-state index contributed by atoms with van der Waals surface area (Å²) >= 11 is 1.32. The molecule has 4 aromatic rings. The van der Waals surface area contributed by atoms with Gasteiger partial charge in [-0.25, -0.2) is 0 Å². The highest BCUT2D eigenvalue weighted by atomic mass is 32.2. The predicted octanol–water partition coefficient (Wildman–Crippen LogP) is 4.09. The second-order valence-electron chi connectivity index (χ2n) is 6.86. The van der Waals surface area contributed by atoms with Crippen LogP contribution in [-0.2, 0) is 4.79 Å². The maximum atomic E-state index is 12.5. The Balaban J connectivity index is 1.42. The second kappa shape index (κ2) is 8.45. The quantitative estimate of drug-likeness (QED) is 0.491. The Labute approximate surface area is 173 Å². The molecule has 7 heteroatoms. The van der Waals surface area contributed by atoms with Gasteiger partial charge in [-0.05, 0) is 52.7 Å². The van der Waals surface area contributed by atoms with E-state index in [1.165, 1.54) is 11.8 Å². The summed E-state index contributed by atoms with van der Waals surface area (Å²) in [5.41, 5.74) is 3.14.